The van der Waals surface area contributed by atoms with Crippen LogP contribution >= 0.6 is 0 Å². The van der Waals surface area contributed by atoms with Gasteiger partial charge in [0.2, 0.25) is 5.95 Å². The molecule has 4 rings (SSSR count). The molecular formula is C19H17N5O. The smallest absolute Gasteiger partial charge is 0.220 e. The van der Waals surface area contributed by atoms with E-state index in [2.05, 4.69) is 25.5 Å². The molecular weight excluding hydrogens is 314 g/mol. The van der Waals surface area contributed by atoms with Gasteiger partial charge in [-0.1, -0.05) is 30.3 Å². The average Bonchev–Trinajstić information content (AvgIpc) is 3.31. The summed E-state index contributed by atoms with van der Waals surface area (Å²) in [6.45, 7) is 0.542. The van der Waals surface area contributed by atoms with Crippen molar-refractivity contribution in [1.82, 2.24) is 15.0 Å². The van der Waals surface area contributed by atoms with Gasteiger partial charge < -0.3 is 14.7 Å². The summed E-state index contributed by atoms with van der Waals surface area (Å²) >= 11 is 0. The van der Waals surface area contributed by atoms with Crippen LogP contribution in [-0.2, 0) is 6.61 Å². The summed E-state index contributed by atoms with van der Waals surface area (Å²) in [5.41, 5.74) is 5.99. The van der Waals surface area contributed by atoms with Crippen LogP contribution in [0.25, 0.3) is 10.9 Å². The Balaban J connectivity index is 1.50. The molecule has 3 N–H and O–H groups in total. The van der Waals surface area contributed by atoms with Crippen LogP contribution in [0.1, 0.15) is 11.1 Å². The topological polar surface area (TPSA) is 78.1 Å². The molecule has 2 aromatic carbocycles. The highest BCUT2D eigenvalue weighted by atomic mass is 16.5. The third-order valence-corrected chi connectivity index (χ3v) is 3.81. The Bertz CT molecular complexity index is 974. The lowest BCUT2D eigenvalue weighted by molar-refractivity contribution is 0.306. The molecule has 0 aliphatic carbocycles. The summed E-state index contributed by atoms with van der Waals surface area (Å²) in [7, 11) is 0. The van der Waals surface area contributed by atoms with Crippen LogP contribution in [-0.4, -0.2) is 21.2 Å². The highest BCUT2D eigenvalue weighted by Crippen LogP contribution is 2.23. The lowest BCUT2D eigenvalue weighted by atomic mass is 10.2. The molecule has 0 saturated heterocycles. The number of rotatable bonds is 6. The van der Waals surface area contributed by atoms with E-state index in [1.54, 1.807) is 18.6 Å². The van der Waals surface area contributed by atoms with Gasteiger partial charge in [0.05, 0.1) is 6.21 Å². The van der Waals surface area contributed by atoms with Gasteiger partial charge in [0.15, 0.2) is 0 Å². The molecule has 25 heavy (non-hydrogen) atoms. The second-order valence-electron chi connectivity index (χ2n) is 5.53. The summed E-state index contributed by atoms with van der Waals surface area (Å²) in [6.07, 6.45) is 7.07. The van der Waals surface area contributed by atoms with Crippen molar-refractivity contribution in [3.8, 4) is 5.75 Å². The summed E-state index contributed by atoms with van der Waals surface area (Å²) in [5.74, 6) is 1.42. The van der Waals surface area contributed by atoms with Crippen molar-refractivity contribution >= 4 is 23.1 Å². The number of hydrogen-bond donors (Lipinski definition) is 3. The number of nitrogens with zero attached hydrogens (tertiary/aromatic N) is 2. The lowest BCUT2D eigenvalue weighted by Gasteiger charge is -2.06. The van der Waals surface area contributed by atoms with E-state index in [4.69, 9.17) is 4.74 Å². The number of hydrazone groups is 1. The molecule has 0 radical (unpaired) electrons. The van der Waals surface area contributed by atoms with E-state index in [1.807, 2.05) is 54.7 Å². The second-order valence-corrected chi connectivity index (χ2v) is 5.53. The van der Waals surface area contributed by atoms with Gasteiger partial charge in [-0.2, -0.15) is 5.10 Å². The van der Waals surface area contributed by atoms with Crippen molar-refractivity contribution < 1.29 is 4.74 Å². The molecule has 0 saturated carbocycles. The van der Waals surface area contributed by atoms with Gasteiger partial charge in [0.1, 0.15) is 12.4 Å². The normalized spacial score (nSPS) is 11.2. The Hall–Kier alpha value is -3.54. The number of anilines is 1. The Morgan fingerprint density at radius 3 is 2.88 bits per heavy atom. The number of hydrogen-bond acceptors (Lipinski definition) is 4. The number of imidazole rings is 1. The van der Waals surface area contributed by atoms with Gasteiger partial charge in [0.25, 0.3) is 0 Å². The van der Waals surface area contributed by atoms with Crippen LogP contribution < -0.4 is 10.2 Å². The first-order valence-electron chi connectivity index (χ1n) is 7.95. The zero-order valence-electron chi connectivity index (χ0n) is 13.4. The molecule has 0 spiro atoms. The van der Waals surface area contributed by atoms with Crippen LogP contribution in [0.3, 0.4) is 0 Å². The fourth-order valence-corrected chi connectivity index (χ4v) is 2.55. The molecule has 0 amide bonds. The van der Waals surface area contributed by atoms with E-state index in [0.29, 0.717) is 12.6 Å². The zero-order chi connectivity index (χ0) is 16.9. The molecule has 0 unspecified atom stereocenters. The minimum atomic E-state index is 0.542. The van der Waals surface area contributed by atoms with Crippen LogP contribution in [0.15, 0.2) is 72.2 Å². The number of H-pyrrole nitrogens is 2. The summed E-state index contributed by atoms with van der Waals surface area (Å²) in [5, 5.41) is 5.25. The van der Waals surface area contributed by atoms with Crippen LogP contribution in [0.2, 0.25) is 0 Å². The average molecular weight is 331 g/mol. The molecule has 4 aromatic rings. The number of aromatic amines is 2. The molecule has 2 aromatic heterocycles. The van der Waals surface area contributed by atoms with Gasteiger partial charge in [-0.3, -0.25) is 0 Å². The number of aromatic nitrogens is 3. The van der Waals surface area contributed by atoms with Crippen LogP contribution in [0.4, 0.5) is 5.95 Å². The van der Waals surface area contributed by atoms with Gasteiger partial charge in [0, 0.05) is 35.1 Å². The molecule has 6 nitrogen and oxygen atoms in total. The van der Waals surface area contributed by atoms with E-state index in [9.17, 15) is 0 Å². The Kier molecular flexibility index (Phi) is 4.16. The van der Waals surface area contributed by atoms with Gasteiger partial charge in [-0.15, -0.1) is 0 Å². The third-order valence-electron chi connectivity index (χ3n) is 3.81. The molecule has 0 aliphatic heterocycles. The molecule has 0 aliphatic rings. The standard InChI is InChI=1S/C19H17N5O/c1-2-4-14(5-3-1)13-25-16-6-7-18-17(10-16)15(11-22-18)12-23-24-19-20-8-9-21-19/h1-12,22H,13H2,(H2,20,21,24)/b23-12+. The van der Waals surface area contributed by atoms with E-state index in [-0.39, 0.29) is 0 Å². The molecule has 6 heteroatoms. The van der Waals surface area contributed by atoms with E-state index < -0.39 is 0 Å². The number of fused-ring (bicyclic) bond motifs is 1. The van der Waals surface area contributed by atoms with Crippen molar-refractivity contribution in [2.24, 2.45) is 5.10 Å². The van der Waals surface area contributed by atoms with Crippen LogP contribution in [0.5, 0.6) is 5.75 Å². The summed E-state index contributed by atoms with van der Waals surface area (Å²) < 4.78 is 5.90. The van der Waals surface area contributed by atoms with E-state index in [1.165, 1.54) is 0 Å². The monoisotopic (exact) mass is 331 g/mol. The van der Waals surface area contributed by atoms with E-state index >= 15 is 0 Å². The highest BCUT2D eigenvalue weighted by Gasteiger charge is 2.04. The van der Waals surface area contributed by atoms with Crippen molar-refractivity contribution in [1.29, 1.82) is 0 Å². The largest absolute Gasteiger partial charge is 0.489 e. The van der Waals surface area contributed by atoms with Crippen LogP contribution in [0, 0.1) is 0 Å². The molecule has 0 atom stereocenters. The summed E-state index contributed by atoms with van der Waals surface area (Å²) in [4.78, 5) is 10.2. The number of nitrogens with one attached hydrogen (secondary N) is 3. The fourth-order valence-electron chi connectivity index (χ4n) is 2.55. The first-order valence-corrected chi connectivity index (χ1v) is 7.95. The summed E-state index contributed by atoms with van der Waals surface area (Å²) in [6, 6.07) is 16.1. The first kappa shape index (κ1) is 15.0. The maximum Gasteiger partial charge on any atom is 0.220 e. The zero-order valence-corrected chi connectivity index (χ0v) is 13.4. The lowest BCUT2D eigenvalue weighted by Crippen LogP contribution is -1.95. The van der Waals surface area contributed by atoms with Gasteiger partial charge in [-0.05, 0) is 23.8 Å². The van der Waals surface area contributed by atoms with Crippen molar-refractivity contribution in [2.75, 3.05) is 5.43 Å². The van der Waals surface area contributed by atoms with Gasteiger partial charge >= 0.3 is 0 Å². The maximum absolute atomic E-state index is 5.90. The van der Waals surface area contributed by atoms with Crippen molar-refractivity contribution in [2.45, 2.75) is 6.61 Å². The predicted molar refractivity (Wildman–Crippen MR) is 98.9 cm³/mol. The highest BCUT2D eigenvalue weighted by molar-refractivity contribution is 5.99. The molecule has 0 fully saturated rings. The van der Waals surface area contributed by atoms with Crippen molar-refractivity contribution in [3.05, 3.63) is 78.2 Å². The Morgan fingerprint density at radius 1 is 1.12 bits per heavy atom. The Labute approximate surface area is 144 Å². The number of benzene rings is 2. The SMILES string of the molecule is C(=N\Nc1ncc[nH]1)/c1c[nH]c2ccc(OCc3ccccc3)cc12. The third kappa shape index (κ3) is 3.53. The fraction of sp³-hybridized carbons (Fsp3) is 0.0526. The van der Waals surface area contributed by atoms with Crippen molar-refractivity contribution in [3.63, 3.8) is 0 Å². The van der Waals surface area contributed by atoms with Gasteiger partial charge in [-0.25, -0.2) is 10.4 Å². The second kappa shape index (κ2) is 6.92. The molecule has 2 heterocycles. The van der Waals surface area contributed by atoms with E-state index in [0.717, 1.165) is 27.8 Å². The minimum Gasteiger partial charge on any atom is -0.489 e. The quantitative estimate of drug-likeness (QED) is 0.370. The molecule has 124 valence electrons. The maximum atomic E-state index is 5.90. The Morgan fingerprint density at radius 2 is 2.04 bits per heavy atom. The first-order chi connectivity index (χ1) is 12.4. The predicted octanol–water partition coefficient (Wildman–Crippen LogP) is 3.92. The number of ether oxygens (including phenoxy) is 1. The molecule has 0 bridgehead atoms. The minimum absolute atomic E-state index is 0.542.